The zero-order chi connectivity index (χ0) is 10.8. The molecular formula is C7H6F3IN2O. The molecule has 0 fully saturated rings. The Hall–Kier alpha value is -0.730. The van der Waals surface area contributed by atoms with Crippen LogP contribution in [0.5, 0.6) is 5.75 Å². The topological polar surface area (TPSA) is 48.1 Å². The summed E-state index contributed by atoms with van der Waals surface area (Å²) in [6, 6.07) is 0. The second-order valence-electron chi connectivity index (χ2n) is 2.44. The first-order chi connectivity index (χ1) is 6.40. The van der Waals surface area contributed by atoms with E-state index in [1.54, 1.807) is 0 Å². The number of pyridine rings is 1. The van der Waals surface area contributed by atoms with E-state index in [4.69, 9.17) is 5.73 Å². The molecular weight excluding hydrogens is 312 g/mol. The van der Waals surface area contributed by atoms with Crippen molar-refractivity contribution >= 4 is 28.3 Å². The molecule has 0 radical (unpaired) electrons. The summed E-state index contributed by atoms with van der Waals surface area (Å²) in [6.07, 6.45) is -1.77. The highest BCUT2D eigenvalue weighted by atomic mass is 127. The van der Waals surface area contributed by atoms with Gasteiger partial charge < -0.3 is 10.5 Å². The average molecular weight is 318 g/mol. The lowest BCUT2D eigenvalue weighted by molar-refractivity contribution is -0.153. The second kappa shape index (κ2) is 4.20. The van der Waals surface area contributed by atoms with Gasteiger partial charge in [0, 0.05) is 6.20 Å². The molecule has 0 bridgehead atoms. The molecule has 1 aromatic rings. The Kier molecular flexibility index (Phi) is 3.40. The molecule has 1 heterocycles. The van der Waals surface area contributed by atoms with E-state index < -0.39 is 12.8 Å². The number of nitrogen functional groups attached to an aromatic ring is 1. The van der Waals surface area contributed by atoms with Crippen LogP contribution in [0.15, 0.2) is 12.4 Å². The van der Waals surface area contributed by atoms with Crippen LogP contribution in [0.2, 0.25) is 0 Å². The van der Waals surface area contributed by atoms with Gasteiger partial charge in [-0.25, -0.2) is 0 Å². The van der Waals surface area contributed by atoms with E-state index >= 15 is 0 Å². The molecule has 0 aliphatic rings. The van der Waals surface area contributed by atoms with Crippen LogP contribution in [0.4, 0.5) is 18.9 Å². The minimum Gasteiger partial charge on any atom is -0.480 e. The van der Waals surface area contributed by atoms with E-state index in [0.717, 1.165) is 6.20 Å². The van der Waals surface area contributed by atoms with Crippen LogP contribution in [-0.4, -0.2) is 17.8 Å². The van der Waals surface area contributed by atoms with Crippen molar-refractivity contribution in [1.29, 1.82) is 0 Å². The fraction of sp³-hybridized carbons (Fsp3) is 0.286. The highest BCUT2D eigenvalue weighted by molar-refractivity contribution is 14.1. The molecule has 0 aliphatic heterocycles. The summed E-state index contributed by atoms with van der Waals surface area (Å²) in [5.41, 5.74) is 5.64. The summed E-state index contributed by atoms with van der Waals surface area (Å²) in [6.45, 7) is -1.36. The first-order valence-corrected chi connectivity index (χ1v) is 4.56. The van der Waals surface area contributed by atoms with Crippen molar-refractivity contribution in [3.05, 3.63) is 16.0 Å². The SMILES string of the molecule is Nc1c(I)cncc1OCC(F)(F)F. The molecule has 1 aromatic heterocycles. The zero-order valence-corrected chi connectivity index (χ0v) is 8.96. The molecule has 78 valence electrons. The number of nitrogens with zero attached hydrogens (tertiary/aromatic N) is 1. The number of nitrogens with two attached hydrogens (primary N) is 1. The van der Waals surface area contributed by atoms with Gasteiger partial charge in [0.05, 0.1) is 15.5 Å². The van der Waals surface area contributed by atoms with Gasteiger partial charge in [-0.15, -0.1) is 0 Å². The maximum Gasteiger partial charge on any atom is 0.422 e. The summed E-state index contributed by atoms with van der Waals surface area (Å²) in [5.74, 6) is -0.0470. The first-order valence-electron chi connectivity index (χ1n) is 3.48. The highest BCUT2D eigenvalue weighted by Gasteiger charge is 2.28. The van der Waals surface area contributed by atoms with E-state index in [1.807, 2.05) is 22.6 Å². The number of aromatic nitrogens is 1. The Morgan fingerprint density at radius 2 is 2.07 bits per heavy atom. The lowest BCUT2D eigenvalue weighted by atomic mass is 10.4. The quantitative estimate of drug-likeness (QED) is 0.851. The molecule has 7 heteroatoms. The number of anilines is 1. The first kappa shape index (κ1) is 11.3. The fourth-order valence-electron chi connectivity index (χ4n) is 0.702. The van der Waals surface area contributed by atoms with Gasteiger partial charge in [0.2, 0.25) is 0 Å². The van der Waals surface area contributed by atoms with Crippen molar-refractivity contribution in [1.82, 2.24) is 4.98 Å². The predicted molar refractivity (Wildman–Crippen MR) is 52.9 cm³/mol. The lowest BCUT2D eigenvalue weighted by Crippen LogP contribution is -2.19. The summed E-state index contributed by atoms with van der Waals surface area (Å²) < 4.78 is 40.4. The van der Waals surface area contributed by atoms with Crippen LogP contribution in [0.25, 0.3) is 0 Å². The van der Waals surface area contributed by atoms with Crippen LogP contribution in [-0.2, 0) is 0 Å². The number of rotatable bonds is 2. The molecule has 0 saturated heterocycles. The Labute approximate surface area is 91.6 Å². The van der Waals surface area contributed by atoms with E-state index in [9.17, 15) is 13.2 Å². The number of alkyl halides is 3. The molecule has 0 unspecified atom stereocenters. The molecule has 0 spiro atoms. The molecule has 0 atom stereocenters. The van der Waals surface area contributed by atoms with Crippen molar-refractivity contribution in [2.24, 2.45) is 0 Å². The standard InChI is InChI=1S/C7H6F3IN2O/c8-7(9,10)3-14-5-2-13-1-4(11)6(5)12/h1-2H,3H2,(H2,12,13). The maximum absolute atomic E-state index is 11.8. The summed E-state index contributed by atoms with van der Waals surface area (Å²) in [7, 11) is 0. The summed E-state index contributed by atoms with van der Waals surface area (Å²) in [4.78, 5) is 3.67. The fourth-order valence-corrected chi connectivity index (χ4v) is 1.13. The maximum atomic E-state index is 11.8. The Morgan fingerprint density at radius 1 is 1.43 bits per heavy atom. The molecule has 0 aliphatic carbocycles. The van der Waals surface area contributed by atoms with Gasteiger partial charge in [-0.05, 0) is 22.6 Å². The Morgan fingerprint density at radius 3 is 2.64 bits per heavy atom. The van der Waals surface area contributed by atoms with Gasteiger partial charge in [-0.1, -0.05) is 0 Å². The average Bonchev–Trinajstić information content (AvgIpc) is 2.06. The number of hydrogen-bond acceptors (Lipinski definition) is 3. The van der Waals surface area contributed by atoms with Gasteiger partial charge in [-0.2, -0.15) is 13.2 Å². The zero-order valence-electron chi connectivity index (χ0n) is 6.81. The van der Waals surface area contributed by atoms with Crippen molar-refractivity contribution < 1.29 is 17.9 Å². The van der Waals surface area contributed by atoms with Gasteiger partial charge >= 0.3 is 6.18 Å². The molecule has 2 N–H and O–H groups in total. The monoisotopic (exact) mass is 318 g/mol. The lowest BCUT2D eigenvalue weighted by Gasteiger charge is -2.10. The minimum atomic E-state index is -4.37. The van der Waals surface area contributed by atoms with E-state index in [2.05, 4.69) is 9.72 Å². The summed E-state index contributed by atoms with van der Waals surface area (Å²) >= 11 is 1.86. The van der Waals surface area contributed by atoms with E-state index in [0.29, 0.717) is 3.57 Å². The van der Waals surface area contributed by atoms with Gasteiger partial charge in [0.25, 0.3) is 0 Å². The third-order valence-corrected chi connectivity index (χ3v) is 2.15. The smallest absolute Gasteiger partial charge is 0.422 e. The number of halogens is 4. The predicted octanol–water partition coefficient (Wildman–Crippen LogP) is 2.21. The van der Waals surface area contributed by atoms with Crippen LogP contribution >= 0.6 is 22.6 Å². The van der Waals surface area contributed by atoms with Gasteiger partial charge in [-0.3, -0.25) is 4.98 Å². The Bertz CT molecular complexity index is 329. The normalized spacial score (nSPS) is 11.4. The van der Waals surface area contributed by atoms with Crippen molar-refractivity contribution in [3.63, 3.8) is 0 Å². The van der Waals surface area contributed by atoms with Crippen LogP contribution in [0, 0.1) is 3.57 Å². The molecule has 0 saturated carbocycles. The second-order valence-corrected chi connectivity index (χ2v) is 3.60. The van der Waals surface area contributed by atoms with Gasteiger partial charge in [0.15, 0.2) is 12.4 Å². The van der Waals surface area contributed by atoms with E-state index in [-0.39, 0.29) is 11.4 Å². The Balaban J connectivity index is 2.73. The van der Waals surface area contributed by atoms with Crippen LogP contribution in [0.3, 0.4) is 0 Å². The van der Waals surface area contributed by atoms with Crippen molar-refractivity contribution in [2.75, 3.05) is 12.3 Å². The highest BCUT2D eigenvalue weighted by Crippen LogP contribution is 2.26. The largest absolute Gasteiger partial charge is 0.480 e. The van der Waals surface area contributed by atoms with E-state index in [1.165, 1.54) is 6.20 Å². The molecule has 1 rings (SSSR count). The molecule has 14 heavy (non-hydrogen) atoms. The van der Waals surface area contributed by atoms with Crippen LogP contribution in [0.1, 0.15) is 0 Å². The number of hydrogen-bond donors (Lipinski definition) is 1. The molecule has 0 aromatic carbocycles. The number of ether oxygens (including phenoxy) is 1. The van der Waals surface area contributed by atoms with Crippen molar-refractivity contribution in [2.45, 2.75) is 6.18 Å². The van der Waals surface area contributed by atoms with Gasteiger partial charge in [0.1, 0.15) is 0 Å². The third kappa shape index (κ3) is 3.20. The minimum absolute atomic E-state index is 0.0470. The van der Waals surface area contributed by atoms with Crippen molar-refractivity contribution in [3.8, 4) is 5.75 Å². The third-order valence-electron chi connectivity index (χ3n) is 1.29. The molecule has 0 amide bonds. The van der Waals surface area contributed by atoms with Crippen LogP contribution < -0.4 is 10.5 Å². The molecule has 3 nitrogen and oxygen atoms in total. The summed E-state index contributed by atoms with van der Waals surface area (Å²) in [5, 5.41) is 0.